The minimum Gasteiger partial charge on any atom is -0.399 e. The lowest BCUT2D eigenvalue weighted by Crippen LogP contribution is -2.41. The van der Waals surface area contributed by atoms with Crippen LogP contribution in [-0.2, 0) is 9.31 Å². The zero-order valence-electron chi connectivity index (χ0n) is 11.0. The van der Waals surface area contributed by atoms with Crippen molar-refractivity contribution in [1.82, 2.24) is 0 Å². The second-order valence-electron chi connectivity index (χ2n) is 5.40. The van der Waals surface area contributed by atoms with Crippen LogP contribution in [-0.4, -0.2) is 18.3 Å². The van der Waals surface area contributed by atoms with Crippen molar-refractivity contribution >= 4 is 24.2 Å². The quantitative estimate of drug-likeness (QED) is 0.731. The van der Waals surface area contributed by atoms with Gasteiger partial charge in [0.05, 0.1) is 22.8 Å². The summed E-state index contributed by atoms with van der Waals surface area (Å²) < 4.78 is 11.8. The van der Waals surface area contributed by atoms with Gasteiger partial charge in [0.1, 0.15) is 0 Å². The Labute approximate surface area is 113 Å². The highest BCUT2D eigenvalue weighted by atomic mass is 35.5. The van der Waals surface area contributed by atoms with Crippen molar-refractivity contribution in [3.05, 3.63) is 28.8 Å². The van der Waals surface area contributed by atoms with E-state index in [0.717, 1.165) is 0 Å². The Morgan fingerprint density at radius 3 is 2.22 bits per heavy atom. The van der Waals surface area contributed by atoms with Gasteiger partial charge >= 0.3 is 7.12 Å². The Morgan fingerprint density at radius 1 is 1.17 bits per heavy atom. The third-order valence-corrected chi connectivity index (χ3v) is 3.99. The normalized spacial score (nSPS) is 20.8. The molecule has 0 amide bonds. The first-order valence-electron chi connectivity index (χ1n) is 5.82. The maximum atomic E-state index is 9.14. The molecule has 0 radical (unpaired) electrons. The van der Waals surface area contributed by atoms with Gasteiger partial charge in [-0.25, -0.2) is 0 Å². The summed E-state index contributed by atoms with van der Waals surface area (Å²) in [6.07, 6.45) is 0. The van der Waals surface area contributed by atoms with Gasteiger partial charge in [0, 0.05) is 10.5 Å². The Morgan fingerprint density at radius 2 is 1.72 bits per heavy atom. The Balaban J connectivity index is 2.45. The van der Waals surface area contributed by atoms with E-state index in [2.05, 4.69) is 6.07 Å². The number of rotatable bonds is 1. The molecule has 3 nitrogen and oxygen atoms in total. The topological polar surface area (TPSA) is 42.2 Å². The van der Waals surface area contributed by atoms with Crippen molar-refractivity contribution in [3.8, 4) is 6.07 Å². The van der Waals surface area contributed by atoms with Gasteiger partial charge < -0.3 is 9.31 Å². The lowest BCUT2D eigenvalue weighted by Gasteiger charge is -2.32. The van der Waals surface area contributed by atoms with Gasteiger partial charge in [-0.05, 0) is 39.8 Å². The summed E-state index contributed by atoms with van der Waals surface area (Å²) in [5, 5.41) is 9.64. The lowest BCUT2D eigenvalue weighted by molar-refractivity contribution is 0.00578. The lowest BCUT2D eigenvalue weighted by atomic mass is 9.76. The molecule has 0 unspecified atom stereocenters. The second kappa shape index (κ2) is 4.27. The number of halogens is 1. The van der Waals surface area contributed by atoms with E-state index in [1.54, 1.807) is 18.2 Å². The fraction of sp³-hybridized carbons (Fsp3) is 0.462. The molecule has 0 spiro atoms. The summed E-state index contributed by atoms with van der Waals surface area (Å²) in [6.45, 7) is 7.87. The molecule has 2 rings (SSSR count). The first-order valence-corrected chi connectivity index (χ1v) is 6.20. The van der Waals surface area contributed by atoms with E-state index >= 15 is 0 Å². The van der Waals surface area contributed by atoms with Crippen LogP contribution in [0.4, 0.5) is 0 Å². The molecule has 1 aliphatic heterocycles. The third kappa shape index (κ3) is 2.03. The Kier molecular flexibility index (Phi) is 3.18. The fourth-order valence-corrected chi connectivity index (χ4v) is 2.10. The van der Waals surface area contributed by atoms with E-state index in [9.17, 15) is 0 Å². The summed E-state index contributed by atoms with van der Waals surface area (Å²) in [5.41, 5.74) is 0.217. The average Bonchev–Trinajstić information content (AvgIpc) is 2.47. The van der Waals surface area contributed by atoms with Crippen LogP contribution >= 0.6 is 11.6 Å². The Bertz CT molecular complexity index is 506. The van der Waals surface area contributed by atoms with Crippen LogP contribution in [0, 0.1) is 11.3 Å². The smallest absolute Gasteiger partial charge is 0.399 e. The van der Waals surface area contributed by atoms with Crippen molar-refractivity contribution in [2.45, 2.75) is 38.9 Å². The molecule has 1 aromatic carbocycles. The number of nitriles is 1. The van der Waals surface area contributed by atoms with E-state index in [-0.39, 0.29) is 0 Å². The Hall–Kier alpha value is -1.02. The molecular weight excluding hydrogens is 248 g/mol. The van der Waals surface area contributed by atoms with Crippen LogP contribution in [0.15, 0.2) is 18.2 Å². The van der Waals surface area contributed by atoms with E-state index in [0.29, 0.717) is 16.0 Å². The molecule has 1 fully saturated rings. The molecule has 0 aliphatic carbocycles. The van der Waals surface area contributed by atoms with Crippen LogP contribution in [0.5, 0.6) is 0 Å². The highest BCUT2D eigenvalue weighted by molar-refractivity contribution is 6.66. The van der Waals surface area contributed by atoms with E-state index in [4.69, 9.17) is 26.2 Å². The SMILES string of the molecule is CC1(C)OB(c2c(Cl)cccc2C#N)OC1(C)C. The van der Waals surface area contributed by atoms with Crippen molar-refractivity contribution in [3.63, 3.8) is 0 Å². The number of nitrogens with zero attached hydrogens (tertiary/aromatic N) is 1. The molecule has 18 heavy (non-hydrogen) atoms. The van der Waals surface area contributed by atoms with Gasteiger partial charge in [-0.15, -0.1) is 0 Å². The summed E-state index contributed by atoms with van der Waals surface area (Å²) >= 11 is 6.16. The molecule has 1 saturated heterocycles. The van der Waals surface area contributed by atoms with Gasteiger partial charge in [-0.3, -0.25) is 0 Å². The van der Waals surface area contributed by atoms with Gasteiger partial charge in [0.25, 0.3) is 0 Å². The summed E-state index contributed by atoms with van der Waals surface area (Å²) in [5.74, 6) is 0. The molecule has 94 valence electrons. The first kappa shape index (κ1) is 13.4. The highest BCUT2D eigenvalue weighted by Crippen LogP contribution is 2.37. The van der Waals surface area contributed by atoms with Crippen LogP contribution in [0.3, 0.4) is 0 Å². The second-order valence-corrected chi connectivity index (χ2v) is 5.81. The van der Waals surface area contributed by atoms with Crippen LogP contribution in [0.25, 0.3) is 0 Å². The molecule has 1 aromatic rings. The van der Waals surface area contributed by atoms with E-state index < -0.39 is 18.3 Å². The monoisotopic (exact) mass is 263 g/mol. The molecule has 0 aromatic heterocycles. The largest absolute Gasteiger partial charge is 0.497 e. The maximum Gasteiger partial charge on any atom is 0.497 e. The zero-order chi connectivity index (χ0) is 13.6. The third-order valence-electron chi connectivity index (χ3n) is 3.66. The number of hydrogen-bond acceptors (Lipinski definition) is 3. The standard InChI is InChI=1S/C13H15BClNO2/c1-12(2)13(3,4)18-14(17-12)11-9(8-16)6-5-7-10(11)15/h5-7H,1-4H3. The van der Waals surface area contributed by atoms with Crippen molar-refractivity contribution < 1.29 is 9.31 Å². The predicted molar refractivity (Wildman–Crippen MR) is 71.9 cm³/mol. The van der Waals surface area contributed by atoms with Crippen LogP contribution in [0.2, 0.25) is 5.02 Å². The molecule has 5 heteroatoms. The maximum absolute atomic E-state index is 9.14. The van der Waals surface area contributed by atoms with Crippen LogP contribution in [0.1, 0.15) is 33.3 Å². The van der Waals surface area contributed by atoms with E-state index in [1.165, 1.54) is 0 Å². The average molecular weight is 264 g/mol. The number of hydrogen-bond donors (Lipinski definition) is 0. The molecular formula is C13H15BClNO2. The van der Waals surface area contributed by atoms with Gasteiger partial charge in [0.2, 0.25) is 0 Å². The predicted octanol–water partition coefficient (Wildman–Crippen LogP) is 2.51. The minimum absolute atomic E-state index is 0.441. The summed E-state index contributed by atoms with van der Waals surface area (Å²) in [7, 11) is -0.599. The van der Waals surface area contributed by atoms with Crippen molar-refractivity contribution in [1.29, 1.82) is 5.26 Å². The fourth-order valence-electron chi connectivity index (χ4n) is 1.83. The van der Waals surface area contributed by atoms with Gasteiger partial charge in [-0.2, -0.15) is 5.26 Å². The summed E-state index contributed by atoms with van der Waals surface area (Å²) in [6, 6.07) is 7.32. The van der Waals surface area contributed by atoms with Crippen LogP contribution < -0.4 is 5.46 Å². The molecule has 0 N–H and O–H groups in total. The zero-order valence-corrected chi connectivity index (χ0v) is 11.7. The molecule has 0 atom stereocenters. The molecule has 0 bridgehead atoms. The van der Waals surface area contributed by atoms with Gasteiger partial charge in [-0.1, -0.05) is 17.7 Å². The number of benzene rings is 1. The van der Waals surface area contributed by atoms with E-state index in [1.807, 2.05) is 27.7 Å². The molecule has 0 saturated carbocycles. The molecule has 1 aliphatic rings. The van der Waals surface area contributed by atoms with Crippen molar-refractivity contribution in [2.75, 3.05) is 0 Å². The van der Waals surface area contributed by atoms with Crippen molar-refractivity contribution in [2.24, 2.45) is 0 Å². The summed E-state index contributed by atoms with van der Waals surface area (Å²) in [4.78, 5) is 0. The molecule has 1 heterocycles. The first-order chi connectivity index (χ1) is 8.28. The highest BCUT2D eigenvalue weighted by Gasteiger charge is 2.52. The van der Waals surface area contributed by atoms with Gasteiger partial charge in [0.15, 0.2) is 0 Å². The minimum atomic E-state index is -0.599.